The van der Waals surface area contributed by atoms with E-state index in [0.717, 1.165) is 28.0 Å². The molecule has 2 N–H and O–H groups in total. The molecule has 1 aliphatic heterocycles. The maximum atomic E-state index is 12.6. The Morgan fingerprint density at radius 1 is 1.40 bits per heavy atom. The highest BCUT2D eigenvalue weighted by Crippen LogP contribution is 2.32. The topological polar surface area (TPSA) is 117 Å². The zero-order chi connectivity index (χ0) is 21.7. The van der Waals surface area contributed by atoms with Gasteiger partial charge in [0.05, 0.1) is 21.8 Å². The van der Waals surface area contributed by atoms with E-state index in [1.807, 2.05) is 49.0 Å². The number of carbonyl (C=O) groups is 3. The van der Waals surface area contributed by atoms with Crippen molar-refractivity contribution in [2.75, 3.05) is 11.4 Å². The van der Waals surface area contributed by atoms with Gasteiger partial charge in [-0.25, -0.2) is 4.98 Å². The van der Waals surface area contributed by atoms with E-state index in [9.17, 15) is 9.59 Å². The van der Waals surface area contributed by atoms with Crippen LogP contribution in [0.5, 0.6) is 0 Å². The lowest BCUT2D eigenvalue weighted by Gasteiger charge is -2.13. The average Bonchev–Trinajstić information content (AvgIpc) is 3.42. The average molecular weight is 430 g/mol. The Morgan fingerprint density at radius 3 is 2.80 bits per heavy atom. The number of nitrogens with one attached hydrogen (secondary N) is 1. The van der Waals surface area contributed by atoms with Gasteiger partial charge in [-0.15, -0.1) is 0 Å². The van der Waals surface area contributed by atoms with Crippen molar-refractivity contribution >= 4 is 45.0 Å². The third-order valence-electron chi connectivity index (χ3n) is 4.83. The molecule has 30 heavy (non-hydrogen) atoms. The lowest BCUT2D eigenvalue weighted by Crippen LogP contribution is -2.32. The summed E-state index contributed by atoms with van der Waals surface area (Å²) >= 11 is 1.48. The van der Waals surface area contributed by atoms with Gasteiger partial charge in [0.15, 0.2) is 5.13 Å². The minimum atomic E-state index is -0.356. The number of rotatable bonds is 5. The second kappa shape index (κ2) is 9.49. The Morgan fingerprint density at radius 2 is 2.13 bits per heavy atom. The molecule has 4 rings (SSSR count). The minimum Gasteiger partial charge on any atom is -0.483 e. The van der Waals surface area contributed by atoms with Crippen LogP contribution in [0.3, 0.4) is 0 Å². The lowest BCUT2D eigenvalue weighted by atomic mass is 10.1. The van der Waals surface area contributed by atoms with Crippen molar-refractivity contribution in [1.29, 1.82) is 0 Å². The normalized spacial score (nSPS) is 15.7. The molecule has 3 heterocycles. The number of thiazole rings is 1. The molecule has 3 aromatic rings. The molecule has 158 valence electrons. The molecule has 0 bridgehead atoms. The predicted molar refractivity (Wildman–Crippen MR) is 113 cm³/mol. The number of para-hydroxylation sites is 1. The van der Waals surface area contributed by atoms with Gasteiger partial charge in [-0.1, -0.05) is 23.5 Å². The predicted octanol–water partition coefficient (Wildman–Crippen LogP) is 2.19. The van der Waals surface area contributed by atoms with Gasteiger partial charge in [-0.3, -0.25) is 24.0 Å². The summed E-state index contributed by atoms with van der Waals surface area (Å²) in [5.74, 6) is -0.508. The van der Waals surface area contributed by atoms with Crippen molar-refractivity contribution in [3.8, 4) is 0 Å². The first-order chi connectivity index (χ1) is 14.5. The number of benzene rings is 1. The Bertz CT molecular complexity index is 1030. The van der Waals surface area contributed by atoms with Crippen molar-refractivity contribution in [1.82, 2.24) is 20.1 Å². The third-order valence-corrected chi connectivity index (χ3v) is 5.89. The summed E-state index contributed by atoms with van der Waals surface area (Å²) in [7, 11) is 0. The van der Waals surface area contributed by atoms with Gasteiger partial charge in [0, 0.05) is 37.8 Å². The van der Waals surface area contributed by atoms with Crippen LogP contribution in [0.1, 0.15) is 24.6 Å². The zero-order valence-electron chi connectivity index (χ0n) is 16.7. The highest BCUT2D eigenvalue weighted by molar-refractivity contribution is 7.22. The molecule has 2 amide bonds. The van der Waals surface area contributed by atoms with Crippen LogP contribution in [0.2, 0.25) is 0 Å². The van der Waals surface area contributed by atoms with Crippen LogP contribution >= 0.6 is 11.3 Å². The fourth-order valence-corrected chi connectivity index (χ4v) is 4.26. The van der Waals surface area contributed by atoms with Crippen molar-refractivity contribution in [3.63, 3.8) is 0 Å². The molecule has 1 saturated heterocycles. The van der Waals surface area contributed by atoms with E-state index in [2.05, 4.69) is 15.4 Å². The van der Waals surface area contributed by atoms with Crippen molar-refractivity contribution in [2.24, 2.45) is 5.92 Å². The molecule has 1 atom stereocenters. The summed E-state index contributed by atoms with van der Waals surface area (Å²) in [6.45, 7) is 5.30. The Labute approximate surface area is 177 Å². The zero-order valence-corrected chi connectivity index (χ0v) is 17.6. The monoisotopic (exact) mass is 429 g/mol. The maximum Gasteiger partial charge on any atom is 0.290 e. The van der Waals surface area contributed by atoms with Gasteiger partial charge in [-0.2, -0.15) is 5.10 Å². The Balaban J connectivity index is 0.000000806. The van der Waals surface area contributed by atoms with E-state index >= 15 is 0 Å². The maximum absolute atomic E-state index is 12.6. The van der Waals surface area contributed by atoms with Crippen LogP contribution in [0.25, 0.3) is 10.2 Å². The van der Waals surface area contributed by atoms with Gasteiger partial charge in [0.2, 0.25) is 11.8 Å². The largest absolute Gasteiger partial charge is 0.483 e. The van der Waals surface area contributed by atoms with E-state index in [0.29, 0.717) is 18.2 Å². The van der Waals surface area contributed by atoms with Gasteiger partial charge < -0.3 is 10.4 Å². The number of nitrogens with zero attached hydrogens (tertiary/aromatic N) is 4. The number of carbonyl (C=O) groups excluding carboxylic acids is 2. The Kier molecular flexibility index (Phi) is 6.78. The minimum absolute atomic E-state index is 0.0517. The highest BCUT2D eigenvalue weighted by Gasteiger charge is 2.36. The molecular weight excluding hydrogens is 406 g/mol. The van der Waals surface area contributed by atoms with Gasteiger partial charge >= 0.3 is 0 Å². The van der Waals surface area contributed by atoms with Gasteiger partial charge in [-0.05, 0) is 26.0 Å². The van der Waals surface area contributed by atoms with E-state index in [-0.39, 0.29) is 30.6 Å². The Hall–Kier alpha value is -3.27. The standard InChI is InChI=1S/C19H21N5O2S.CH2O2/c1-3-23-10-14(12(2)22-23)9-20-18(26)13-8-17(25)24(11-13)19-21-15-6-4-5-7-16(15)27-19;2-1-3/h4-7,10,13H,3,8-9,11H2,1-2H3,(H,20,26);1H,(H,2,3). The smallest absolute Gasteiger partial charge is 0.290 e. The molecule has 10 heteroatoms. The van der Waals surface area contributed by atoms with Crippen molar-refractivity contribution < 1.29 is 19.5 Å². The number of carboxylic acid groups (broad SMARTS) is 1. The molecule has 0 radical (unpaired) electrons. The number of anilines is 1. The van der Waals surface area contributed by atoms with Gasteiger partial charge in [0.25, 0.3) is 6.47 Å². The summed E-state index contributed by atoms with van der Waals surface area (Å²) in [4.78, 5) is 39.5. The number of hydrogen-bond donors (Lipinski definition) is 2. The van der Waals surface area contributed by atoms with E-state index in [4.69, 9.17) is 9.90 Å². The van der Waals surface area contributed by atoms with Crippen LogP contribution in [-0.4, -0.2) is 44.7 Å². The molecule has 1 aromatic carbocycles. The second-order valence-electron chi connectivity index (χ2n) is 6.79. The third kappa shape index (κ3) is 4.65. The summed E-state index contributed by atoms with van der Waals surface area (Å²) in [6.07, 6.45) is 2.16. The van der Waals surface area contributed by atoms with Crippen LogP contribution in [0.4, 0.5) is 5.13 Å². The summed E-state index contributed by atoms with van der Waals surface area (Å²) in [5.41, 5.74) is 2.79. The van der Waals surface area contributed by atoms with E-state index in [1.54, 1.807) is 4.90 Å². The summed E-state index contributed by atoms with van der Waals surface area (Å²) in [6, 6.07) is 7.80. The fraction of sp³-hybridized carbons (Fsp3) is 0.350. The number of aryl methyl sites for hydroxylation is 2. The van der Waals surface area contributed by atoms with Gasteiger partial charge in [0.1, 0.15) is 0 Å². The lowest BCUT2D eigenvalue weighted by molar-refractivity contribution is -0.126. The first-order valence-corrected chi connectivity index (χ1v) is 10.3. The quantitative estimate of drug-likeness (QED) is 0.601. The van der Waals surface area contributed by atoms with Crippen molar-refractivity contribution in [2.45, 2.75) is 33.4 Å². The number of fused-ring (bicyclic) bond motifs is 1. The molecule has 9 nitrogen and oxygen atoms in total. The summed E-state index contributed by atoms with van der Waals surface area (Å²) < 4.78 is 2.89. The van der Waals surface area contributed by atoms with E-state index < -0.39 is 0 Å². The molecule has 0 spiro atoms. The SMILES string of the molecule is CCn1cc(CNC(=O)C2CC(=O)N(c3nc4ccccc4s3)C2)c(C)n1.O=CO. The van der Waals surface area contributed by atoms with Crippen LogP contribution in [-0.2, 0) is 27.5 Å². The van der Waals surface area contributed by atoms with Crippen LogP contribution < -0.4 is 10.2 Å². The van der Waals surface area contributed by atoms with E-state index in [1.165, 1.54) is 11.3 Å². The number of aromatic nitrogens is 3. The molecule has 0 saturated carbocycles. The number of amides is 2. The highest BCUT2D eigenvalue weighted by atomic mass is 32.1. The fourth-order valence-electron chi connectivity index (χ4n) is 3.26. The molecule has 1 aliphatic rings. The molecule has 0 aliphatic carbocycles. The first-order valence-electron chi connectivity index (χ1n) is 9.51. The second-order valence-corrected chi connectivity index (χ2v) is 7.80. The number of hydrogen-bond acceptors (Lipinski definition) is 6. The molecule has 1 fully saturated rings. The molecule has 1 unspecified atom stereocenters. The van der Waals surface area contributed by atoms with Crippen molar-refractivity contribution in [3.05, 3.63) is 41.7 Å². The van der Waals surface area contributed by atoms with Crippen LogP contribution in [0, 0.1) is 12.8 Å². The molecular formula is C20H23N5O4S. The summed E-state index contributed by atoms with van der Waals surface area (Å²) in [5, 5.41) is 14.9. The van der Waals surface area contributed by atoms with Crippen LogP contribution in [0.15, 0.2) is 30.5 Å². The first kappa shape index (κ1) is 21.4. The molecule has 2 aromatic heterocycles.